The second kappa shape index (κ2) is 3.98. The summed E-state index contributed by atoms with van der Waals surface area (Å²) in [6.45, 7) is 4.31. The molecule has 0 atom stereocenters. The van der Waals surface area contributed by atoms with Crippen molar-refractivity contribution >= 4 is 11.9 Å². The number of amides is 1. The molecule has 0 aliphatic carbocycles. The highest BCUT2D eigenvalue weighted by Crippen LogP contribution is 2.24. The Labute approximate surface area is 83.9 Å². The molecule has 0 aromatic carbocycles. The van der Waals surface area contributed by atoms with Crippen LogP contribution in [-0.4, -0.2) is 34.0 Å². The highest BCUT2D eigenvalue weighted by Gasteiger charge is 2.33. The van der Waals surface area contributed by atoms with Crippen molar-refractivity contribution in [2.75, 3.05) is 6.54 Å². The van der Waals surface area contributed by atoms with Gasteiger partial charge >= 0.3 is 5.97 Å². The van der Waals surface area contributed by atoms with Crippen molar-refractivity contribution in [1.29, 1.82) is 0 Å². The van der Waals surface area contributed by atoms with Gasteiger partial charge in [-0.2, -0.15) is 0 Å². The molecule has 1 amide bonds. The van der Waals surface area contributed by atoms with Gasteiger partial charge in [0.05, 0.1) is 6.42 Å². The van der Waals surface area contributed by atoms with E-state index in [1.54, 1.807) is 4.90 Å². The first-order valence-corrected chi connectivity index (χ1v) is 4.96. The van der Waals surface area contributed by atoms with Gasteiger partial charge in [-0.15, -0.1) is 0 Å². The molecule has 1 rings (SSSR count). The van der Waals surface area contributed by atoms with Crippen LogP contribution in [0, 0.1) is 0 Å². The fourth-order valence-corrected chi connectivity index (χ4v) is 1.91. The monoisotopic (exact) mass is 199 g/mol. The van der Waals surface area contributed by atoms with Crippen molar-refractivity contribution in [2.45, 2.75) is 45.1 Å². The first-order chi connectivity index (χ1) is 6.43. The van der Waals surface area contributed by atoms with Crippen LogP contribution in [0.4, 0.5) is 0 Å². The molecule has 1 aliphatic heterocycles. The number of carboxylic acid groups (broad SMARTS) is 1. The minimum atomic E-state index is -0.853. The number of hydrogen-bond acceptors (Lipinski definition) is 2. The van der Waals surface area contributed by atoms with Crippen LogP contribution in [0.2, 0.25) is 0 Å². The van der Waals surface area contributed by atoms with Gasteiger partial charge in [-0.25, -0.2) is 0 Å². The number of piperidine rings is 1. The Morgan fingerprint density at radius 2 is 2.14 bits per heavy atom. The Kier molecular flexibility index (Phi) is 3.13. The first-order valence-electron chi connectivity index (χ1n) is 4.96. The van der Waals surface area contributed by atoms with Crippen molar-refractivity contribution in [2.24, 2.45) is 0 Å². The summed E-state index contributed by atoms with van der Waals surface area (Å²) in [6.07, 6.45) is 2.48. The highest BCUT2D eigenvalue weighted by atomic mass is 16.4. The van der Waals surface area contributed by atoms with Crippen molar-refractivity contribution in [3.05, 3.63) is 0 Å². The zero-order chi connectivity index (χ0) is 10.8. The lowest BCUT2D eigenvalue weighted by Crippen LogP contribution is -2.50. The lowest BCUT2D eigenvalue weighted by Gasteiger charge is -2.40. The van der Waals surface area contributed by atoms with Gasteiger partial charge in [0.2, 0.25) is 5.91 Å². The SMILES string of the molecule is CC(C)(CC(=O)O)N1CCCCC1=O. The van der Waals surface area contributed by atoms with Crippen LogP contribution in [0.5, 0.6) is 0 Å². The van der Waals surface area contributed by atoms with Crippen LogP contribution < -0.4 is 0 Å². The number of carbonyl (C=O) groups is 2. The van der Waals surface area contributed by atoms with Crippen molar-refractivity contribution < 1.29 is 14.7 Å². The maximum Gasteiger partial charge on any atom is 0.305 e. The second-order valence-corrected chi connectivity index (χ2v) is 4.39. The van der Waals surface area contributed by atoms with Crippen LogP contribution in [0.15, 0.2) is 0 Å². The third kappa shape index (κ3) is 2.47. The van der Waals surface area contributed by atoms with Crippen LogP contribution in [-0.2, 0) is 9.59 Å². The topological polar surface area (TPSA) is 57.6 Å². The molecule has 1 aliphatic rings. The van der Waals surface area contributed by atoms with E-state index in [0.717, 1.165) is 12.8 Å². The van der Waals surface area contributed by atoms with E-state index in [1.807, 2.05) is 13.8 Å². The average molecular weight is 199 g/mol. The summed E-state index contributed by atoms with van der Waals surface area (Å²) in [4.78, 5) is 23.9. The number of nitrogens with zero attached hydrogens (tertiary/aromatic N) is 1. The summed E-state index contributed by atoms with van der Waals surface area (Å²) in [5.41, 5.74) is -0.552. The Morgan fingerprint density at radius 1 is 1.50 bits per heavy atom. The highest BCUT2D eigenvalue weighted by molar-refractivity contribution is 5.79. The lowest BCUT2D eigenvalue weighted by atomic mass is 9.95. The summed E-state index contributed by atoms with van der Waals surface area (Å²) in [5.74, 6) is -0.768. The summed E-state index contributed by atoms with van der Waals surface area (Å²) in [6, 6.07) is 0. The molecule has 80 valence electrons. The Bertz CT molecular complexity index is 248. The smallest absolute Gasteiger partial charge is 0.305 e. The number of carbonyl (C=O) groups excluding carboxylic acids is 1. The quantitative estimate of drug-likeness (QED) is 0.744. The van der Waals surface area contributed by atoms with Gasteiger partial charge in [-0.3, -0.25) is 9.59 Å². The summed E-state index contributed by atoms with van der Waals surface area (Å²) in [5, 5.41) is 8.73. The van der Waals surface area contributed by atoms with Gasteiger partial charge in [-0.1, -0.05) is 0 Å². The zero-order valence-electron chi connectivity index (χ0n) is 8.75. The molecule has 4 nitrogen and oxygen atoms in total. The molecular weight excluding hydrogens is 182 g/mol. The second-order valence-electron chi connectivity index (χ2n) is 4.39. The van der Waals surface area contributed by atoms with E-state index in [2.05, 4.69) is 0 Å². The molecule has 14 heavy (non-hydrogen) atoms. The number of hydrogen-bond donors (Lipinski definition) is 1. The molecule has 0 aromatic heterocycles. The molecule has 0 unspecified atom stereocenters. The molecule has 0 spiro atoms. The van der Waals surface area contributed by atoms with Gasteiger partial charge in [0, 0.05) is 18.5 Å². The Morgan fingerprint density at radius 3 is 2.64 bits per heavy atom. The first kappa shape index (κ1) is 11.0. The zero-order valence-corrected chi connectivity index (χ0v) is 8.75. The predicted octanol–water partition coefficient (Wildman–Crippen LogP) is 1.25. The largest absolute Gasteiger partial charge is 0.481 e. The molecule has 0 bridgehead atoms. The van der Waals surface area contributed by atoms with Gasteiger partial charge in [-0.05, 0) is 26.7 Å². The number of carboxylic acids is 1. The van der Waals surface area contributed by atoms with E-state index >= 15 is 0 Å². The van der Waals surface area contributed by atoms with Gasteiger partial charge in [0.25, 0.3) is 0 Å². The minimum absolute atomic E-state index is 0.0126. The third-order valence-corrected chi connectivity index (χ3v) is 2.64. The summed E-state index contributed by atoms with van der Waals surface area (Å²) in [7, 11) is 0. The summed E-state index contributed by atoms with van der Waals surface area (Å²) >= 11 is 0. The Hall–Kier alpha value is -1.06. The van der Waals surface area contributed by atoms with E-state index in [4.69, 9.17) is 5.11 Å². The van der Waals surface area contributed by atoms with E-state index in [-0.39, 0.29) is 12.3 Å². The predicted molar refractivity (Wildman–Crippen MR) is 51.9 cm³/mol. The van der Waals surface area contributed by atoms with Crippen molar-refractivity contribution in [1.82, 2.24) is 4.90 Å². The van der Waals surface area contributed by atoms with Crippen LogP contribution in [0.1, 0.15) is 39.5 Å². The number of aliphatic carboxylic acids is 1. The van der Waals surface area contributed by atoms with Crippen LogP contribution in [0.3, 0.4) is 0 Å². The minimum Gasteiger partial charge on any atom is -0.481 e. The standard InChI is InChI=1S/C10H17NO3/c1-10(2,7-9(13)14)11-6-4-3-5-8(11)12/h3-7H2,1-2H3,(H,13,14). The molecule has 1 N–H and O–H groups in total. The molecule has 1 fully saturated rings. The van der Waals surface area contributed by atoms with Gasteiger partial charge in [0.1, 0.15) is 0 Å². The normalized spacial score (nSPS) is 18.4. The molecule has 0 aromatic rings. The maximum absolute atomic E-state index is 11.6. The number of likely N-dealkylation sites (tertiary alicyclic amines) is 1. The van der Waals surface area contributed by atoms with Crippen LogP contribution >= 0.6 is 0 Å². The molecule has 0 saturated carbocycles. The Balaban J connectivity index is 2.68. The average Bonchev–Trinajstić information content (AvgIpc) is 2.02. The fraction of sp³-hybridized carbons (Fsp3) is 0.800. The third-order valence-electron chi connectivity index (χ3n) is 2.64. The molecule has 0 radical (unpaired) electrons. The van der Waals surface area contributed by atoms with E-state index in [9.17, 15) is 9.59 Å². The maximum atomic E-state index is 11.6. The van der Waals surface area contributed by atoms with E-state index in [1.165, 1.54) is 0 Å². The number of rotatable bonds is 3. The van der Waals surface area contributed by atoms with Gasteiger partial charge < -0.3 is 10.0 Å². The van der Waals surface area contributed by atoms with Crippen molar-refractivity contribution in [3.63, 3.8) is 0 Å². The van der Waals surface area contributed by atoms with E-state index < -0.39 is 11.5 Å². The molecular formula is C10H17NO3. The van der Waals surface area contributed by atoms with Crippen molar-refractivity contribution in [3.8, 4) is 0 Å². The lowest BCUT2D eigenvalue weighted by molar-refractivity contribution is -0.145. The molecule has 1 heterocycles. The fourth-order valence-electron chi connectivity index (χ4n) is 1.91. The molecule has 4 heteroatoms. The van der Waals surface area contributed by atoms with E-state index in [0.29, 0.717) is 13.0 Å². The molecule has 1 saturated heterocycles. The summed E-state index contributed by atoms with van der Waals surface area (Å²) < 4.78 is 0. The van der Waals surface area contributed by atoms with Gasteiger partial charge in [0.15, 0.2) is 0 Å². The van der Waals surface area contributed by atoms with Crippen LogP contribution in [0.25, 0.3) is 0 Å².